The molecule has 1 atom stereocenters. The van der Waals surface area contributed by atoms with E-state index in [4.69, 9.17) is 0 Å². The van der Waals surface area contributed by atoms with Gasteiger partial charge in [0.05, 0.1) is 17.1 Å². The first-order chi connectivity index (χ1) is 13.0. The first-order valence-corrected chi connectivity index (χ1v) is 11.4. The van der Waals surface area contributed by atoms with Gasteiger partial charge in [0.2, 0.25) is 10.0 Å². The van der Waals surface area contributed by atoms with Crippen molar-refractivity contribution in [1.29, 1.82) is 0 Å². The lowest BCUT2D eigenvalue weighted by Gasteiger charge is -2.29. The van der Waals surface area contributed by atoms with E-state index in [1.54, 1.807) is 0 Å². The van der Waals surface area contributed by atoms with Crippen LogP contribution in [-0.2, 0) is 10.0 Å². The van der Waals surface area contributed by atoms with Crippen LogP contribution in [0.3, 0.4) is 0 Å². The number of sulfonamides is 1. The molecule has 2 saturated heterocycles. The Kier molecular flexibility index (Phi) is 5.01. The second-order valence-electron chi connectivity index (χ2n) is 7.78. The number of benzene rings is 1. The number of amides is 2. The molecule has 8 heteroatoms. The van der Waals surface area contributed by atoms with Gasteiger partial charge >= 0.3 is 6.03 Å². The topological polar surface area (TPSA) is 69.7 Å². The minimum atomic E-state index is -3.35. The van der Waals surface area contributed by atoms with Gasteiger partial charge in [0, 0.05) is 19.1 Å². The molecule has 0 spiro atoms. The molecule has 1 unspecified atom stereocenters. The molecule has 0 bridgehead atoms. The van der Waals surface area contributed by atoms with Crippen molar-refractivity contribution in [2.45, 2.75) is 51.0 Å². The number of hydrogen-bond acceptors (Lipinski definition) is 3. The lowest BCUT2D eigenvalue weighted by atomic mass is 9.96. The maximum absolute atomic E-state index is 14.3. The second kappa shape index (κ2) is 7.30. The largest absolute Gasteiger partial charge is 0.322 e. The van der Waals surface area contributed by atoms with Crippen LogP contribution in [0.2, 0.25) is 0 Å². The number of likely N-dealkylation sites (tertiary alicyclic amines) is 1. The Hall–Kier alpha value is -1.83. The van der Waals surface area contributed by atoms with E-state index in [-0.39, 0.29) is 23.5 Å². The molecule has 1 aliphatic carbocycles. The first-order valence-electron chi connectivity index (χ1n) is 9.83. The number of halogens is 1. The summed E-state index contributed by atoms with van der Waals surface area (Å²) in [7, 11) is -3.35. The van der Waals surface area contributed by atoms with Gasteiger partial charge in [0.1, 0.15) is 5.82 Å². The molecule has 3 aliphatic rings. The summed E-state index contributed by atoms with van der Waals surface area (Å²) in [4.78, 5) is 14.7. The van der Waals surface area contributed by atoms with E-state index in [1.807, 2.05) is 4.90 Å². The van der Waals surface area contributed by atoms with E-state index >= 15 is 0 Å². The third kappa shape index (κ3) is 3.63. The highest BCUT2D eigenvalue weighted by Gasteiger charge is 2.36. The molecule has 0 aromatic heterocycles. The minimum Gasteiger partial charge on any atom is -0.321 e. The van der Waals surface area contributed by atoms with E-state index < -0.39 is 15.8 Å². The van der Waals surface area contributed by atoms with Gasteiger partial charge < -0.3 is 10.2 Å². The monoisotopic (exact) mass is 395 g/mol. The van der Waals surface area contributed by atoms with Gasteiger partial charge in [-0.2, -0.15) is 0 Å². The third-order valence-electron chi connectivity index (χ3n) is 6.08. The Morgan fingerprint density at radius 2 is 1.85 bits per heavy atom. The van der Waals surface area contributed by atoms with Crippen molar-refractivity contribution in [3.05, 3.63) is 24.0 Å². The van der Waals surface area contributed by atoms with Crippen molar-refractivity contribution in [2.75, 3.05) is 28.5 Å². The van der Waals surface area contributed by atoms with Gasteiger partial charge in [-0.15, -0.1) is 0 Å². The van der Waals surface area contributed by atoms with Crippen LogP contribution in [0.1, 0.15) is 44.9 Å². The van der Waals surface area contributed by atoms with Crippen molar-refractivity contribution in [3.63, 3.8) is 0 Å². The van der Waals surface area contributed by atoms with Crippen LogP contribution in [0.15, 0.2) is 18.2 Å². The van der Waals surface area contributed by atoms with Crippen molar-refractivity contribution < 1.29 is 17.6 Å². The number of rotatable bonds is 3. The zero-order valence-corrected chi connectivity index (χ0v) is 16.2. The van der Waals surface area contributed by atoms with Crippen LogP contribution in [0.25, 0.3) is 0 Å². The Balaban J connectivity index is 1.51. The molecular weight excluding hydrogens is 369 g/mol. The summed E-state index contributed by atoms with van der Waals surface area (Å²) < 4.78 is 39.8. The summed E-state index contributed by atoms with van der Waals surface area (Å²) in [5.41, 5.74) is 0.439. The molecule has 2 aliphatic heterocycles. The summed E-state index contributed by atoms with van der Waals surface area (Å²) in [6.07, 6.45) is 7.29. The molecule has 2 amide bonds. The molecule has 1 N–H and O–H groups in total. The predicted molar refractivity (Wildman–Crippen MR) is 103 cm³/mol. The fourth-order valence-corrected chi connectivity index (χ4v) is 6.31. The average Bonchev–Trinajstić information content (AvgIpc) is 3.36. The normalized spacial score (nSPS) is 25.3. The number of nitrogens with zero attached hydrogens (tertiary/aromatic N) is 2. The van der Waals surface area contributed by atoms with E-state index in [9.17, 15) is 17.6 Å². The quantitative estimate of drug-likeness (QED) is 0.851. The maximum Gasteiger partial charge on any atom is 0.322 e. The van der Waals surface area contributed by atoms with E-state index in [0.717, 1.165) is 25.7 Å². The minimum absolute atomic E-state index is 0.0386. The SMILES string of the molecule is O=C(Nc1cc(N2CCCS2(=O)=O)ccc1F)N1CCCC1C1CCCC1. The summed E-state index contributed by atoms with van der Waals surface area (Å²) in [6.45, 7) is 1.08. The van der Waals surface area contributed by atoms with Crippen LogP contribution in [0.4, 0.5) is 20.6 Å². The summed E-state index contributed by atoms with van der Waals surface area (Å²) >= 11 is 0. The van der Waals surface area contributed by atoms with Crippen molar-refractivity contribution in [3.8, 4) is 0 Å². The molecule has 3 fully saturated rings. The van der Waals surface area contributed by atoms with Crippen LogP contribution >= 0.6 is 0 Å². The third-order valence-corrected chi connectivity index (χ3v) is 7.95. The van der Waals surface area contributed by atoms with Crippen LogP contribution in [0.5, 0.6) is 0 Å². The van der Waals surface area contributed by atoms with Crippen LogP contribution in [-0.4, -0.2) is 44.2 Å². The number of nitrogens with one attached hydrogen (secondary N) is 1. The molecule has 4 rings (SSSR count). The highest BCUT2D eigenvalue weighted by atomic mass is 32.2. The Morgan fingerprint density at radius 3 is 2.56 bits per heavy atom. The lowest BCUT2D eigenvalue weighted by molar-refractivity contribution is 0.185. The zero-order chi connectivity index (χ0) is 19.0. The van der Waals surface area contributed by atoms with Crippen molar-refractivity contribution in [1.82, 2.24) is 4.90 Å². The van der Waals surface area contributed by atoms with E-state index in [1.165, 1.54) is 35.3 Å². The number of urea groups is 1. The standard InChI is InChI=1S/C19H26FN3O3S/c20-16-9-8-15(23-11-4-12-27(23,25)26)13-17(16)21-19(24)22-10-3-7-18(22)14-5-1-2-6-14/h8-9,13-14,18H,1-7,10-12H2,(H,21,24). The van der Waals surface area contributed by atoms with Gasteiger partial charge in [-0.25, -0.2) is 17.6 Å². The number of hydrogen-bond donors (Lipinski definition) is 1. The highest BCUT2D eigenvalue weighted by molar-refractivity contribution is 7.93. The molecule has 6 nitrogen and oxygen atoms in total. The van der Waals surface area contributed by atoms with E-state index in [2.05, 4.69) is 5.32 Å². The summed E-state index contributed by atoms with van der Waals surface area (Å²) in [5, 5.41) is 2.69. The first kappa shape index (κ1) is 18.5. The highest BCUT2D eigenvalue weighted by Crippen LogP contribution is 2.36. The van der Waals surface area contributed by atoms with Gasteiger partial charge in [0.15, 0.2) is 0 Å². The number of anilines is 2. The average molecular weight is 396 g/mol. The van der Waals surface area contributed by atoms with Gasteiger partial charge in [-0.05, 0) is 56.2 Å². The van der Waals surface area contributed by atoms with Crippen molar-refractivity contribution >= 4 is 27.4 Å². The molecule has 148 valence electrons. The van der Waals surface area contributed by atoms with Gasteiger partial charge in [-0.3, -0.25) is 4.31 Å². The lowest BCUT2D eigenvalue weighted by Crippen LogP contribution is -2.42. The summed E-state index contributed by atoms with van der Waals surface area (Å²) in [5.74, 6) is 0.0904. The Labute approximate surface area is 159 Å². The fraction of sp³-hybridized carbons (Fsp3) is 0.632. The Morgan fingerprint density at radius 1 is 1.07 bits per heavy atom. The maximum atomic E-state index is 14.3. The number of carbonyl (C=O) groups is 1. The predicted octanol–water partition coefficient (Wildman–Crippen LogP) is 3.55. The zero-order valence-electron chi connectivity index (χ0n) is 15.4. The molecule has 0 radical (unpaired) electrons. The molecular formula is C19H26FN3O3S. The molecule has 2 heterocycles. The molecule has 1 saturated carbocycles. The number of carbonyl (C=O) groups excluding carboxylic acids is 1. The van der Waals surface area contributed by atoms with E-state index in [0.29, 0.717) is 31.1 Å². The van der Waals surface area contributed by atoms with Gasteiger partial charge in [0.25, 0.3) is 0 Å². The second-order valence-corrected chi connectivity index (χ2v) is 9.80. The van der Waals surface area contributed by atoms with Crippen LogP contribution in [0, 0.1) is 11.7 Å². The fourth-order valence-electron chi connectivity index (χ4n) is 4.76. The van der Waals surface area contributed by atoms with Crippen molar-refractivity contribution in [2.24, 2.45) is 5.92 Å². The summed E-state index contributed by atoms with van der Waals surface area (Å²) in [6, 6.07) is 4.04. The van der Waals surface area contributed by atoms with Gasteiger partial charge in [-0.1, -0.05) is 12.8 Å². The smallest absolute Gasteiger partial charge is 0.321 e. The molecule has 1 aromatic rings. The molecule has 1 aromatic carbocycles. The Bertz CT molecular complexity index is 823. The van der Waals surface area contributed by atoms with Crippen LogP contribution < -0.4 is 9.62 Å². The molecule has 27 heavy (non-hydrogen) atoms.